The van der Waals surface area contributed by atoms with Gasteiger partial charge in [0.05, 0.1) is 18.8 Å². The lowest BCUT2D eigenvalue weighted by Crippen LogP contribution is -2.16. The fraction of sp³-hybridized carbons (Fsp3) is 0.167. The number of phenolic OH excluding ortho intramolecular Hbond substituents is 1. The predicted molar refractivity (Wildman–Crippen MR) is 126 cm³/mol. The van der Waals surface area contributed by atoms with Gasteiger partial charge in [-0.2, -0.15) is 0 Å². The van der Waals surface area contributed by atoms with Crippen molar-refractivity contribution in [2.24, 2.45) is 0 Å². The molecule has 7 heteroatoms. The number of carbonyl (C=O) groups excluding carboxylic acids is 2. The molecule has 0 aliphatic carbocycles. The van der Waals surface area contributed by atoms with E-state index in [1.54, 1.807) is 19.9 Å². The van der Waals surface area contributed by atoms with E-state index in [2.05, 4.69) is 31.9 Å². The van der Waals surface area contributed by atoms with Crippen LogP contribution in [0, 0.1) is 0 Å². The fourth-order valence-electron chi connectivity index (χ4n) is 3.20. The zero-order valence-corrected chi connectivity index (χ0v) is 20.1. The number of halogens is 2. The van der Waals surface area contributed by atoms with Crippen LogP contribution < -0.4 is 0 Å². The van der Waals surface area contributed by atoms with Crippen LogP contribution in [-0.2, 0) is 9.47 Å². The van der Waals surface area contributed by atoms with Crippen molar-refractivity contribution >= 4 is 43.8 Å². The van der Waals surface area contributed by atoms with Crippen LogP contribution in [0.1, 0.15) is 34.6 Å². The zero-order valence-electron chi connectivity index (χ0n) is 16.9. The van der Waals surface area contributed by atoms with Gasteiger partial charge in [0.25, 0.3) is 0 Å². The van der Waals surface area contributed by atoms with Crippen molar-refractivity contribution in [3.05, 3.63) is 74.7 Å². The van der Waals surface area contributed by atoms with Crippen molar-refractivity contribution in [1.29, 1.82) is 0 Å². The second kappa shape index (κ2) is 10.1. The molecule has 0 unspecified atom stereocenters. The van der Waals surface area contributed by atoms with Crippen LogP contribution in [0.15, 0.2) is 63.5 Å². The van der Waals surface area contributed by atoms with Gasteiger partial charge in [0.1, 0.15) is 11.3 Å². The Balaban J connectivity index is 2.39. The second-order valence-corrected chi connectivity index (χ2v) is 8.36. The maximum Gasteiger partial charge on any atom is 0.342 e. The molecule has 0 amide bonds. The lowest BCUT2D eigenvalue weighted by Gasteiger charge is -2.18. The first-order chi connectivity index (χ1) is 14.9. The van der Waals surface area contributed by atoms with Crippen molar-refractivity contribution < 1.29 is 24.2 Å². The topological polar surface area (TPSA) is 72.8 Å². The summed E-state index contributed by atoms with van der Waals surface area (Å²) in [4.78, 5) is 25.8. The van der Waals surface area contributed by atoms with Crippen molar-refractivity contribution in [2.45, 2.75) is 13.8 Å². The van der Waals surface area contributed by atoms with Gasteiger partial charge in [0, 0.05) is 14.5 Å². The number of aromatic hydroxyl groups is 1. The van der Waals surface area contributed by atoms with Crippen LogP contribution in [0.4, 0.5) is 0 Å². The van der Waals surface area contributed by atoms with E-state index >= 15 is 0 Å². The van der Waals surface area contributed by atoms with Crippen LogP contribution in [0.2, 0.25) is 0 Å². The number of hydrogen-bond donors (Lipinski definition) is 1. The number of phenols is 1. The summed E-state index contributed by atoms with van der Waals surface area (Å²) in [7, 11) is 0. The van der Waals surface area contributed by atoms with Gasteiger partial charge < -0.3 is 14.6 Å². The normalized spacial score (nSPS) is 10.6. The first-order valence-corrected chi connectivity index (χ1v) is 11.2. The van der Waals surface area contributed by atoms with Gasteiger partial charge in [-0.15, -0.1) is 0 Å². The third-order valence-electron chi connectivity index (χ3n) is 4.57. The molecule has 3 rings (SSSR count). The van der Waals surface area contributed by atoms with Crippen molar-refractivity contribution in [2.75, 3.05) is 13.2 Å². The molecular weight excluding hydrogens is 528 g/mol. The Bertz CT molecular complexity index is 1110. The summed E-state index contributed by atoms with van der Waals surface area (Å²) < 4.78 is 12.1. The molecule has 0 saturated heterocycles. The van der Waals surface area contributed by atoms with Crippen LogP contribution in [0.25, 0.3) is 22.3 Å². The van der Waals surface area contributed by atoms with Gasteiger partial charge in [-0.25, -0.2) is 9.59 Å². The van der Waals surface area contributed by atoms with Gasteiger partial charge in [-0.05, 0) is 60.9 Å². The van der Waals surface area contributed by atoms with Gasteiger partial charge >= 0.3 is 11.9 Å². The lowest BCUT2D eigenvalue weighted by atomic mass is 9.89. The molecule has 160 valence electrons. The third-order valence-corrected chi connectivity index (χ3v) is 5.63. The molecule has 0 atom stereocenters. The smallest absolute Gasteiger partial charge is 0.342 e. The number of benzene rings is 3. The van der Waals surface area contributed by atoms with E-state index in [9.17, 15) is 14.7 Å². The van der Waals surface area contributed by atoms with E-state index < -0.39 is 11.9 Å². The maximum atomic E-state index is 12.9. The first-order valence-electron chi connectivity index (χ1n) is 9.63. The van der Waals surface area contributed by atoms with E-state index in [-0.39, 0.29) is 30.1 Å². The summed E-state index contributed by atoms with van der Waals surface area (Å²) in [5, 5.41) is 11.1. The Hall–Kier alpha value is -2.64. The summed E-state index contributed by atoms with van der Waals surface area (Å²) in [5.74, 6) is -1.83. The molecule has 3 aromatic rings. The maximum absolute atomic E-state index is 12.9. The highest BCUT2D eigenvalue weighted by molar-refractivity contribution is 9.10. The van der Waals surface area contributed by atoms with Crippen LogP contribution in [0.3, 0.4) is 0 Å². The SMILES string of the molecule is CCOC(=O)c1c(-c2ccc(Br)cc2)cc(-c2ccc(Br)cc2)c(O)c1C(=O)OCC. The summed E-state index contributed by atoms with van der Waals surface area (Å²) in [6.07, 6.45) is 0. The summed E-state index contributed by atoms with van der Waals surface area (Å²) in [6, 6.07) is 16.3. The molecule has 0 spiro atoms. The number of hydrogen-bond acceptors (Lipinski definition) is 5. The largest absolute Gasteiger partial charge is 0.506 e. The van der Waals surface area contributed by atoms with Gasteiger partial charge in [0.2, 0.25) is 0 Å². The molecular formula is C24H20Br2O5. The summed E-state index contributed by atoms with van der Waals surface area (Å²) in [5.41, 5.74) is 2.00. The molecule has 0 aromatic heterocycles. The molecule has 1 N–H and O–H groups in total. The Morgan fingerprint density at radius 3 is 1.61 bits per heavy atom. The minimum absolute atomic E-state index is 0.0269. The molecule has 0 aliphatic rings. The van der Waals surface area contributed by atoms with E-state index in [0.29, 0.717) is 22.3 Å². The van der Waals surface area contributed by atoms with Gasteiger partial charge in [-0.1, -0.05) is 56.1 Å². The Morgan fingerprint density at radius 2 is 1.16 bits per heavy atom. The average molecular weight is 548 g/mol. The number of carbonyl (C=O) groups is 2. The van der Waals surface area contributed by atoms with Gasteiger partial charge in [0.15, 0.2) is 0 Å². The van der Waals surface area contributed by atoms with Crippen molar-refractivity contribution in [1.82, 2.24) is 0 Å². The molecule has 0 saturated carbocycles. The number of esters is 2. The van der Waals surface area contributed by atoms with E-state index in [1.807, 2.05) is 48.5 Å². The minimum atomic E-state index is -0.791. The molecule has 0 aliphatic heterocycles. The van der Waals surface area contributed by atoms with Crippen LogP contribution in [-0.4, -0.2) is 30.3 Å². The standard InChI is InChI=1S/C24H20Br2O5/c1-3-30-23(28)20-18(14-5-9-16(25)10-6-14)13-19(15-7-11-17(26)12-8-15)22(27)21(20)24(29)31-4-2/h5-13,27H,3-4H2,1-2H3. The molecule has 3 aromatic carbocycles. The third kappa shape index (κ3) is 4.99. The van der Waals surface area contributed by atoms with Crippen molar-refractivity contribution in [3.63, 3.8) is 0 Å². The highest BCUT2D eigenvalue weighted by Gasteiger charge is 2.30. The molecule has 31 heavy (non-hydrogen) atoms. The highest BCUT2D eigenvalue weighted by Crippen LogP contribution is 2.41. The lowest BCUT2D eigenvalue weighted by molar-refractivity contribution is 0.0476. The van der Waals surface area contributed by atoms with Crippen LogP contribution in [0.5, 0.6) is 5.75 Å². The quantitative estimate of drug-likeness (QED) is 0.352. The van der Waals surface area contributed by atoms with E-state index in [4.69, 9.17) is 9.47 Å². The second-order valence-electron chi connectivity index (χ2n) is 6.53. The van der Waals surface area contributed by atoms with Crippen LogP contribution >= 0.6 is 31.9 Å². The average Bonchev–Trinajstić information content (AvgIpc) is 2.75. The number of rotatable bonds is 6. The Morgan fingerprint density at radius 1 is 0.742 bits per heavy atom. The molecule has 0 fully saturated rings. The highest BCUT2D eigenvalue weighted by atomic mass is 79.9. The minimum Gasteiger partial charge on any atom is -0.506 e. The van der Waals surface area contributed by atoms with Gasteiger partial charge in [-0.3, -0.25) is 0 Å². The summed E-state index contributed by atoms with van der Waals surface area (Å²) in [6.45, 7) is 3.55. The molecule has 5 nitrogen and oxygen atoms in total. The molecule has 0 bridgehead atoms. The zero-order chi connectivity index (χ0) is 22.5. The number of ether oxygens (including phenoxy) is 2. The monoisotopic (exact) mass is 546 g/mol. The van der Waals surface area contributed by atoms with Crippen molar-refractivity contribution in [3.8, 4) is 28.0 Å². The fourth-order valence-corrected chi connectivity index (χ4v) is 3.73. The Labute approximate surface area is 197 Å². The summed E-state index contributed by atoms with van der Waals surface area (Å²) >= 11 is 6.81. The van der Waals surface area contributed by atoms with E-state index in [1.165, 1.54) is 0 Å². The molecule has 0 radical (unpaired) electrons. The predicted octanol–water partition coefficient (Wildman–Crippen LogP) is 6.60. The first kappa shape index (κ1) is 23.0. The molecule has 0 heterocycles. The Kier molecular flexibility index (Phi) is 7.51. The van der Waals surface area contributed by atoms with E-state index in [0.717, 1.165) is 8.95 Å².